The van der Waals surface area contributed by atoms with Gasteiger partial charge >= 0.3 is 0 Å². The molecule has 2 atom stereocenters. The maximum Gasteiger partial charge on any atom is 0.161 e. The number of aliphatic imine (C=N–C) groups is 1. The van der Waals surface area contributed by atoms with Crippen molar-refractivity contribution >= 4 is 17.2 Å². The van der Waals surface area contributed by atoms with E-state index in [0.717, 1.165) is 48.5 Å². The molecule has 0 bridgehead atoms. The Balaban J connectivity index is 2.04. The van der Waals surface area contributed by atoms with E-state index in [0.29, 0.717) is 6.42 Å². The van der Waals surface area contributed by atoms with Gasteiger partial charge in [0.2, 0.25) is 0 Å². The molecule has 2 aliphatic rings. The molecule has 4 heteroatoms. The molecule has 25 heavy (non-hydrogen) atoms. The summed E-state index contributed by atoms with van der Waals surface area (Å²) in [5.74, 6) is -0.383. The zero-order chi connectivity index (χ0) is 18.0. The number of anilines is 1. The van der Waals surface area contributed by atoms with Crippen LogP contribution in [0.4, 0.5) is 5.69 Å². The molecule has 1 aliphatic heterocycles. The van der Waals surface area contributed by atoms with Crippen molar-refractivity contribution in [2.24, 2.45) is 10.9 Å². The second-order valence-electron chi connectivity index (χ2n) is 6.74. The predicted octanol–water partition coefficient (Wildman–Crippen LogP) is 4.24. The van der Waals surface area contributed by atoms with Gasteiger partial charge in [-0.25, -0.2) is 0 Å². The molecule has 4 nitrogen and oxygen atoms in total. The number of carbonyl (C=O) groups is 1. The van der Waals surface area contributed by atoms with Gasteiger partial charge in [-0.1, -0.05) is 12.1 Å². The number of allylic oxidation sites excluding steroid dienone is 2. The number of carbonyl (C=O) groups excluding carboxylic acids is 1. The van der Waals surface area contributed by atoms with Crippen molar-refractivity contribution in [1.82, 2.24) is 0 Å². The average molecular weight is 335 g/mol. The van der Waals surface area contributed by atoms with Crippen LogP contribution < -0.4 is 4.90 Å². The molecule has 0 amide bonds. The van der Waals surface area contributed by atoms with Gasteiger partial charge in [-0.3, -0.25) is 9.79 Å². The van der Waals surface area contributed by atoms with Crippen LogP contribution in [-0.2, 0) is 4.79 Å². The van der Waals surface area contributed by atoms with Gasteiger partial charge in [-0.2, -0.15) is 5.26 Å². The molecule has 0 radical (unpaired) electrons. The van der Waals surface area contributed by atoms with Crippen LogP contribution >= 0.6 is 0 Å². The Bertz CT molecular complexity index is 763. The van der Waals surface area contributed by atoms with E-state index in [1.165, 1.54) is 5.69 Å². The van der Waals surface area contributed by atoms with E-state index in [1.54, 1.807) is 0 Å². The van der Waals surface area contributed by atoms with E-state index in [4.69, 9.17) is 0 Å². The van der Waals surface area contributed by atoms with E-state index in [1.807, 2.05) is 6.92 Å². The van der Waals surface area contributed by atoms with Crippen LogP contribution in [0.1, 0.15) is 51.5 Å². The first-order chi connectivity index (χ1) is 12.1. The Labute approximate surface area is 149 Å². The summed E-state index contributed by atoms with van der Waals surface area (Å²) in [7, 11) is 0. The molecule has 0 aromatic heterocycles. The highest BCUT2D eigenvalue weighted by molar-refractivity contribution is 6.02. The Morgan fingerprint density at radius 3 is 2.48 bits per heavy atom. The lowest BCUT2D eigenvalue weighted by Crippen LogP contribution is -2.30. The molecular formula is C21H25N3O. The first kappa shape index (κ1) is 17.4. The predicted molar refractivity (Wildman–Crippen MR) is 101 cm³/mol. The summed E-state index contributed by atoms with van der Waals surface area (Å²) in [5, 5.41) is 9.72. The number of nitriles is 1. The monoisotopic (exact) mass is 335 g/mol. The number of nitrogens with zero attached hydrogens (tertiary/aromatic N) is 3. The third-order valence-electron chi connectivity index (χ3n) is 5.35. The lowest BCUT2D eigenvalue weighted by molar-refractivity contribution is -0.116. The summed E-state index contributed by atoms with van der Waals surface area (Å²) in [6, 6.07) is 10.7. The summed E-state index contributed by atoms with van der Waals surface area (Å²) in [6.45, 7) is 8.11. The first-order valence-electron chi connectivity index (χ1n) is 9.16. The molecule has 0 saturated heterocycles. The van der Waals surface area contributed by atoms with E-state index in [9.17, 15) is 10.1 Å². The summed E-state index contributed by atoms with van der Waals surface area (Å²) >= 11 is 0. The van der Waals surface area contributed by atoms with E-state index >= 15 is 0 Å². The average Bonchev–Trinajstić information content (AvgIpc) is 2.62. The third kappa shape index (κ3) is 3.11. The summed E-state index contributed by atoms with van der Waals surface area (Å²) in [6.07, 6.45) is 2.27. The van der Waals surface area contributed by atoms with Crippen LogP contribution in [0.5, 0.6) is 0 Å². The van der Waals surface area contributed by atoms with Gasteiger partial charge < -0.3 is 4.90 Å². The van der Waals surface area contributed by atoms with Crippen LogP contribution in [0, 0.1) is 17.2 Å². The number of ketones is 1. The molecule has 1 unspecified atom stereocenters. The zero-order valence-electron chi connectivity index (χ0n) is 15.2. The minimum atomic E-state index is -0.361. The third-order valence-corrected chi connectivity index (χ3v) is 5.35. The second-order valence-corrected chi connectivity index (χ2v) is 6.74. The maximum atomic E-state index is 12.6. The molecule has 3 rings (SSSR count). The molecular weight excluding hydrogens is 310 g/mol. The molecule has 1 aromatic rings. The highest BCUT2D eigenvalue weighted by atomic mass is 16.1. The van der Waals surface area contributed by atoms with Crippen molar-refractivity contribution in [3.05, 3.63) is 41.1 Å². The fourth-order valence-corrected chi connectivity index (χ4v) is 4.01. The topological polar surface area (TPSA) is 56.5 Å². The largest absolute Gasteiger partial charge is 0.372 e. The van der Waals surface area contributed by atoms with Crippen molar-refractivity contribution in [3.63, 3.8) is 0 Å². The van der Waals surface area contributed by atoms with Gasteiger partial charge in [0, 0.05) is 48.1 Å². The molecule has 1 aromatic carbocycles. The van der Waals surface area contributed by atoms with Gasteiger partial charge in [0.05, 0.1) is 12.0 Å². The number of hydrogen-bond acceptors (Lipinski definition) is 4. The zero-order valence-corrected chi connectivity index (χ0v) is 15.2. The standard InChI is InChI=1S/C21H25N3O/c1-4-24(5-2)16-11-9-15(10-12-16)20-17(13-22)14(3)23-18-7-6-8-19(25)21(18)20/h9-12,17,20H,4-8H2,1-3H3/t17?,20-/m0/s1. The second kappa shape index (κ2) is 7.23. The molecule has 1 aliphatic carbocycles. The molecule has 0 saturated carbocycles. The lowest BCUT2D eigenvalue weighted by Gasteiger charge is -2.32. The number of rotatable bonds is 4. The van der Waals surface area contributed by atoms with Crippen molar-refractivity contribution in [3.8, 4) is 6.07 Å². The quantitative estimate of drug-likeness (QED) is 0.827. The normalized spacial score (nSPS) is 23.0. The van der Waals surface area contributed by atoms with Gasteiger partial charge in [-0.15, -0.1) is 0 Å². The summed E-state index contributed by atoms with van der Waals surface area (Å²) in [5.41, 5.74) is 4.72. The van der Waals surface area contributed by atoms with E-state index in [2.05, 4.69) is 54.1 Å². The van der Waals surface area contributed by atoms with Gasteiger partial charge in [0.15, 0.2) is 5.78 Å². The highest BCUT2D eigenvalue weighted by Crippen LogP contribution is 2.43. The Hall–Kier alpha value is -2.41. The Morgan fingerprint density at radius 1 is 1.20 bits per heavy atom. The minimum Gasteiger partial charge on any atom is -0.372 e. The van der Waals surface area contributed by atoms with Crippen LogP contribution in [0.15, 0.2) is 40.5 Å². The lowest BCUT2D eigenvalue weighted by atomic mass is 9.72. The first-order valence-corrected chi connectivity index (χ1v) is 9.16. The number of Topliss-reactive ketones (excluding diaryl/α,β-unsaturated/α-hetero) is 1. The van der Waals surface area contributed by atoms with Gasteiger partial charge in [0.1, 0.15) is 0 Å². The molecule has 130 valence electrons. The number of hydrogen-bond donors (Lipinski definition) is 0. The molecule has 0 spiro atoms. The number of benzene rings is 1. The van der Waals surface area contributed by atoms with Crippen LogP contribution in [0.2, 0.25) is 0 Å². The van der Waals surface area contributed by atoms with Crippen LogP contribution in [0.25, 0.3) is 0 Å². The van der Waals surface area contributed by atoms with Gasteiger partial charge in [0.25, 0.3) is 0 Å². The highest BCUT2D eigenvalue weighted by Gasteiger charge is 2.38. The Morgan fingerprint density at radius 2 is 1.88 bits per heavy atom. The van der Waals surface area contributed by atoms with Crippen molar-refractivity contribution in [2.75, 3.05) is 18.0 Å². The SMILES string of the molecule is CCN(CC)c1ccc([C@@H]2C3=C(CCCC3=O)N=C(C)C2C#N)cc1. The van der Waals surface area contributed by atoms with Crippen molar-refractivity contribution in [1.29, 1.82) is 5.26 Å². The fraction of sp³-hybridized carbons (Fsp3) is 0.476. The summed E-state index contributed by atoms with van der Waals surface area (Å²) in [4.78, 5) is 19.5. The van der Waals surface area contributed by atoms with Gasteiger partial charge in [-0.05, 0) is 51.3 Å². The molecule has 0 N–H and O–H groups in total. The fourth-order valence-electron chi connectivity index (χ4n) is 4.01. The Kier molecular flexibility index (Phi) is 5.03. The van der Waals surface area contributed by atoms with Crippen LogP contribution in [-0.4, -0.2) is 24.6 Å². The maximum absolute atomic E-state index is 12.6. The van der Waals surface area contributed by atoms with E-state index in [-0.39, 0.29) is 17.6 Å². The summed E-state index contributed by atoms with van der Waals surface area (Å²) < 4.78 is 0. The van der Waals surface area contributed by atoms with Crippen LogP contribution in [0.3, 0.4) is 0 Å². The van der Waals surface area contributed by atoms with Crippen molar-refractivity contribution < 1.29 is 4.79 Å². The molecule has 0 fully saturated rings. The molecule has 1 heterocycles. The van der Waals surface area contributed by atoms with E-state index < -0.39 is 0 Å². The minimum absolute atomic E-state index is 0.163. The smallest absolute Gasteiger partial charge is 0.161 e. The van der Waals surface area contributed by atoms with Crippen molar-refractivity contribution in [2.45, 2.75) is 46.0 Å².